The minimum absolute atomic E-state index is 0.0606. The van der Waals surface area contributed by atoms with Crippen molar-refractivity contribution in [1.29, 1.82) is 0 Å². The quantitative estimate of drug-likeness (QED) is 0.691. The number of aliphatic carboxylic acids is 1. The zero-order chi connectivity index (χ0) is 14.0. The third kappa shape index (κ3) is 3.08. The maximum atomic E-state index is 12.0. The lowest BCUT2D eigenvalue weighted by Crippen LogP contribution is -2.60. The molecule has 0 heterocycles. The van der Waals surface area contributed by atoms with Gasteiger partial charge < -0.3 is 10.8 Å². The lowest BCUT2D eigenvalue weighted by molar-refractivity contribution is -0.144. The van der Waals surface area contributed by atoms with E-state index in [0.717, 1.165) is 0 Å². The van der Waals surface area contributed by atoms with Crippen LogP contribution in [0.2, 0.25) is 0 Å². The molecule has 18 heavy (non-hydrogen) atoms. The molecule has 1 rings (SSSR count). The average Bonchev–Trinajstić information content (AvgIpc) is 2.28. The molecule has 100 valence electrons. The first kappa shape index (κ1) is 15.1. The van der Waals surface area contributed by atoms with Crippen molar-refractivity contribution in [3.63, 3.8) is 0 Å². The van der Waals surface area contributed by atoms with Crippen molar-refractivity contribution < 1.29 is 18.3 Å². The van der Waals surface area contributed by atoms with Gasteiger partial charge in [-0.15, -0.1) is 0 Å². The van der Waals surface area contributed by atoms with Crippen molar-refractivity contribution in [2.45, 2.75) is 23.9 Å². The Morgan fingerprint density at radius 3 is 2.50 bits per heavy atom. The van der Waals surface area contributed by atoms with Crippen LogP contribution in [-0.4, -0.2) is 25.2 Å². The van der Waals surface area contributed by atoms with Gasteiger partial charge in [0.2, 0.25) is 10.0 Å². The Balaban J connectivity index is 3.18. The fourth-order valence-corrected chi connectivity index (χ4v) is 3.55. The monoisotopic (exact) mass is 336 g/mol. The first-order valence-corrected chi connectivity index (χ1v) is 7.31. The number of nitrogens with one attached hydrogen (secondary N) is 1. The molecule has 0 aliphatic heterocycles. The number of carboxylic acids is 1. The SMILES string of the molecule is CCC(N)(NS(=O)(=O)c1ccccc1Br)C(=O)O. The van der Waals surface area contributed by atoms with E-state index in [4.69, 9.17) is 10.8 Å². The van der Waals surface area contributed by atoms with Crippen LogP contribution in [0, 0.1) is 0 Å². The summed E-state index contributed by atoms with van der Waals surface area (Å²) in [6.07, 6.45) is -0.0774. The summed E-state index contributed by atoms with van der Waals surface area (Å²) < 4.78 is 26.4. The molecule has 0 radical (unpaired) electrons. The van der Waals surface area contributed by atoms with Crippen molar-refractivity contribution >= 4 is 31.9 Å². The number of carbonyl (C=O) groups is 1. The molecule has 1 unspecified atom stereocenters. The minimum Gasteiger partial charge on any atom is -0.479 e. The van der Waals surface area contributed by atoms with Crippen LogP contribution < -0.4 is 10.5 Å². The molecule has 0 aliphatic rings. The molecule has 0 aliphatic carbocycles. The van der Waals surface area contributed by atoms with Crippen LogP contribution in [0.15, 0.2) is 33.6 Å². The molecule has 1 atom stereocenters. The number of sulfonamides is 1. The van der Waals surface area contributed by atoms with E-state index in [1.54, 1.807) is 12.1 Å². The third-order valence-corrected chi connectivity index (χ3v) is 4.90. The van der Waals surface area contributed by atoms with Crippen molar-refractivity contribution in [2.75, 3.05) is 0 Å². The smallest absolute Gasteiger partial charge is 0.339 e. The van der Waals surface area contributed by atoms with E-state index in [-0.39, 0.29) is 11.3 Å². The van der Waals surface area contributed by atoms with E-state index in [0.29, 0.717) is 4.47 Å². The summed E-state index contributed by atoms with van der Waals surface area (Å²) in [5, 5.41) is 8.95. The molecule has 0 fully saturated rings. The van der Waals surface area contributed by atoms with Crippen LogP contribution in [0.3, 0.4) is 0 Å². The van der Waals surface area contributed by atoms with Crippen molar-refractivity contribution in [3.05, 3.63) is 28.7 Å². The van der Waals surface area contributed by atoms with E-state index in [1.165, 1.54) is 19.1 Å². The first-order chi connectivity index (χ1) is 8.23. The van der Waals surface area contributed by atoms with Gasteiger partial charge >= 0.3 is 5.97 Å². The highest BCUT2D eigenvalue weighted by Gasteiger charge is 2.37. The molecule has 0 amide bonds. The van der Waals surface area contributed by atoms with Gasteiger partial charge in [-0.3, -0.25) is 0 Å². The van der Waals surface area contributed by atoms with Crippen LogP contribution >= 0.6 is 15.9 Å². The molecule has 4 N–H and O–H groups in total. The molecular formula is C10H13BrN2O4S. The van der Waals surface area contributed by atoms with Crippen LogP contribution in [-0.2, 0) is 14.8 Å². The summed E-state index contributed by atoms with van der Waals surface area (Å²) in [6.45, 7) is 1.48. The van der Waals surface area contributed by atoms with Gasteiger partial charge in [0, 0.05) is 4.47 Å². The summed E-state index contributed by atoms with van der Waals surface area (Å²) >= 11 is 3.09. The Labute approximate surface area is 113 Å². The normalized spacial score (nSPS) is 15.1. The fourth-order valence-electron chi connectivity index (χ4n) is 1.22. The minimum atomic E-state index is -4.01. The van der Waals surface area contributed by atoms with E-state index in [2.05, 4.69) is 15.9 Å². The van der Waals surface area contributed by atoms with Gasteiger partial charge in [0.15, 0.2) is 5.66 Å². The second-order valence-electron chi connectivity index (χ2n) is 3.67. The fraction of sp³-hybridized carbons (Fsp3) is 0.300. The topological polar surface area (TPSA) is 109 Å². The summed E-state index contributed by atoms with van der Waals surface area (Å²) in [4.78, 5) is 10.9. The molecule has 8 heteroatoms. The highest BCUT2D eigenvalue weighted by Crippen LogP contribution is 2.22. The Morgan fingerprint density at radius 1 is 1.50 bits per heavy atom. The first-order valence-electron chi connectivity index (χ1n) is 5.03. The summed E-state index contributed by atoms with van der Waals surface area (Å²) in [7, 11) is -4.01. The van der Waals surface area contributed by atoms with E-state index in [1.807, 2.05) is 4.72 Å². The van der Waals surface area contributed by atoms with Crippen molar-refractivity contribution in [3.8, 4) is 0 Å². The highest BCUT2D eigenvalue weighted by molar-refractivity contribution is 9.10. The van der Waals surface area contributed by atoms with Gasteiger partial charge in [-0.25, -0.2) is 13.2 Å². The van der Waals surface area contributed by atoms with Crippen LogP contribution in [0.4, 0.5) is 0 Å². The Bertz CT molecular complexity index is 561. The van der Waals surface area contributed by atoms with Gasteiger partial charge in [-0.05, 0) is 34.5 Å². The molecule has 0 saturated carbocycles. The third-order valence-electron chi connectivity index (χ3n) is 2.38. The lowest BCUT2D eigenvalue weighted by Gasteiger charge is -2.24. The maximum Gasteiger partial charge on any atom is 0.339 e. The zero-order valence-electron chi connectivity index (χ0n) is 9.55. The highest BCUT2D eigenvalue weighted by atomic mass is 79.9. The van der Waals surface area contributed by atoms with Crippen molar-refractivity contribution in [2.24, 2.45) is 5.73 Å². The second-order valence-corrected chi connectivity index (χ2v) is 6.17. The molecule has 0 spiro atoms. The Hall–Kier alpha value is -0.960. The Morgan fingerprint density at radius 2 is 2.06 bits per heavy atom. The molecule has 0 bridgehead atoms. The van der Waals surface area contributed by atoms with Gasteiger partial charge in [0.25, 0.3) is 0 Å². The molecular weight excluding hydrogens is 324 g/mol. The number of nitrogens with two attached hydrogens (primary N) is 1. The summed E-state index contributed by atoms with van der Waals surface area (Å²) in [5.41, 5.74) is 3.49. The van der Waals surface area contributed by atoms with E-state index in [9.17, 15) is 13.2 Å². The standard InChI is InChI=1S/C10H13BrN2O4S/c1-2-10(12,9(14)15)13-18(16,17)8-6-4-3-5-7(8)11/h3-6,13H,2,12H2,1H3,(H,14,15). The van der Waals surface area contributed by atoms with Crippen LogP contribution in [0.1, 0.15) is 13.3 Å². The number of hydrogen-bond donors (Lipinski definition) is 3. The van der Waals surface area contributed by atoms with Gasteiger partial charge in [-0.1, -0.05) is 19.1 Å². The number of rotatable bonds is 5. The number of hydrogen-bond acceptors (Lipinski definition) is 4. The summed E-state index contributed by atoms with van der Waals surface area (Å²) in [5.74, 6) is -1.43. The largest absolute Gasteiger partial charge is 0.479 e. The summed E-state index contributed by atoms with van der Waals surface area (Å²) in [6, 6.07) is 6.07. The predicted octanol–water partition coefficient (Wildman–Crippen LogP) is 0.877. The predicted molar refractivity (Wildman–Crippen MR) is 69.3 cm³/mol. The van der Waals surface area contributed by atoms with Gasteiger partial charge in [0.05, 0.1) is 4.90 Å². The number of halogens is 1. The second kappa shape index (κ2) is 5.35. The van der Waals surface area contributed by atoms with Crippen LogP contribution in [0.5, 0.6) is 0 Å². The molecule has 1 aromatic rings. The average molecular weight is 337 g/mol. The van der Waals surface area contributed by atoms with E-state index < -0.39 is 21.7 Å². The Kier molecular flexibility index (Phi) is 4.49. The number of carboxylic acid groups (broad SMARTS) is 1. The lowest BCUT2D eigenvalue weighted by atomic mass is 10.1. The maximum absolute atomic E-state index is 12.0. The molecule has 1 aromatic carbocycles. The molecule has 0 saturated heterocycles. The van der Waals surface area contributed by atoms with Gasteiger partial charge in [-0.2, -0.15) is 4.72 Å². The van der Waals surface area contributed by atoms with Crippen LogP contribution in [0.25, 0.3) is 0 Å². The van der Waals surface area contributed by atoms with E-state index >= 15 is 0 Å². The molecule has 6 nitrogen and oxygen atoms in total. The molecule has 0 aromatic heterocycles. The zero-order valence-corrected chi connectivity index (χ0v) is 12.0. The number of benzene rings is 1. The van der Waals surface area contributed by atoms with Crippen molar-refractivity contribution in [1.82, 2.24) is 4.72 Å². The van der Waals surface area contributed by atoms with Gasteiger partial charge in [0.1, 0.15) is 0 Å².